The average Bonchev–Trinajstić information content (AvgIpc) is 2.19. The Morgan fingerprint density at radius 2 is 2.00 bits per heavy atom. The Morgan fingerprint density at radius 1 is 1.35 bits per heavy atom. The van der Waals surface area contributed by atoms with E-state index in [0.717, 1.165) is 6.07 Å². The third-order valence-corrected chi connectivity index (χ3v) is 2.12. The van der Waals surface area contributed by atoms with Crippen LogP contribution in [0.5, 0.6) is 5.75 Å². The molecular formula is C10H10BClF3KO. The minimum Gasteiger partial charge on any atom is -0.492 e. The van der Waals surface area contributed by atoms with Crippen LogP contribution >= 0.6 is 11.6 Å². The summed E-state index contributed by atoms with van der Waals surface area (Å²) in [5, 5.41) is 0. The quantitative estimate of drug-likeness (QED) is 0.719. The van der Waals surface area contributed by atoms with Crippen molar-refractivity contribution in [2.45, 2.75) is 6.92 Å². The first-order valence-corrected chi connectivity index (χ1v) is 5.07. The summed E-state index contributed by atoms with van der Waals surface area (Å²) in [6.07, 6.45) is 1.43. The van der Waals surface area contributed by atoms with Gasteiger partial charge in [-0.3, -0.25) is 0 Å². The fourth-order valence-electron chi connectivity index (χ4n) is 1.23. The van der Waals surface area contributed by atoms with Crippen molar-refractivity contribution >= 4 is 24.0 Å². The second-order valence-corrected chi connectivity index (χ2v) is 3.54. The van der Waals surface area contributed by atoms with Crippen LogP contribution in [-0.4, -0.2) is 13.6 Å². The molecule has 0 bridgehead atoms. The molecule has 0 unspecified atom stereocenters. The Kier molecular flexibility index (Phi) is 8.11. The third kappa shape index (κ3) is 5.81. The van der Waals surface area contributed by atoms with Crippen molar-refractivity contribution < 1.29 is 69.1 Å². The molecule has 17 heavy (non-hydrogen) atoms. The number of halogens is 4. The van der Waals surface area contributed by atoms with Crippen LogP contribution in [0.25, 0.3) is 0 Å². The first-order chi connectivity index (χ1) is 7.45. The minimum atomic E-state index is -5.06. The second-order valence-electron chi connectivity index (χ2n) is 3.29. The summed E-state index contributed by atoms with van der Waals surface area (Å²) < 4.78 is 43.0. The molecule has 0 heterocycles. The van der Waals surface area contributed by atoms with Gasteiger partial charge in [0.25, 0.3) is 0 Å². The van der Waals surface area contributed by atoms with E-state index in [2.05, 4.69) is 0 Å². The Balaban J connectivity index is 0.00000256. The number of hydrogen-bond donors (Lipinski definition) is 0. The van der Waals surface area contributed by atoms with Gasteiger partial charge in [0.1, 0.15) is 6.61 Å². The van der Waals surface area contributed by atoms with Gasteiger partial charge in [-0.1, -0.05) is 34.8 Å². The summed E-state index contributed by atoms with van der Waals surface area (Å²) in [4.78, 5) is 0. The van der Waals surface area contributed by atoms with Crippen LogP contribution < -0.4 is 61.6 Å². The van der Waals surface area contributed by atoms with E-state index in [0.29, 0.717) is 5.56 Å². The summed E-state index contributed by atoms with van der Waals surface area (Å²) in [7, 11) is 0. The number of rotatable bonds is 4. The van der Waals surface area contributed by atoms with Crippen molar-refractivity contribution in [2.24, 2.45) is 0 Å². The van der Waals surface area contributed by atoms with Crippen LogP contribution in [-0.2, 0) is 0 Å². The standard InChI is InChI=1S/C10H10BClF3O.K/c1-8-3-4-10(16-6-2-5-12)9(7-8)11(13,14)15;/h2-5,7H,6H2,1H3;/q-1;+1/b5-2+;. The van der Waals surface area contributed by atoms with Crippen molar-refractivity contribution in [1.82, 2.24) is 0 Å². The maximum absolute atomic E-state index is 12.7. The van der Waals surface area contributed by atoms with Gasteiger partial charge in [0, 0.05) is 5.54 Å². The van der Waals surface area contributed by atoms with Gasteiger partial charge in [0.05, 0.1) is 5.75 Å². The Hall–Kier alpha value is 0.541. The van der Waals surface area contributed by atoms with Gasteiger partial charge in [-0.2, -0.15) is 0 Å². The first-order valence-electron chi connectivity index (χ1n) is 4.63. The molecule has 88 valence electrons. The van der Waals surface area contributed by atoms with Crippen molar-refractivity contribution in [3.05, 3.63) is 35.4 Å². The smallest absolute Gasteiger partial charge is 0.492 e. The summed E-state index contributed by atoms with van der Waals surface area (Å²) in [6.45, 7) is -3.43. The van der Waals surface area contributed by atoms with Crippen LogP contribution in [0.1, 0.15) is 5.56 Å². The summed E-state index contributed by atoms with van der Waals surface area (Å²) >= 11 is 5.24. The molecule has 0 saturated carbocycles. The number of benzene rings is 1. The zero-order chi connectivity index (χ0) is 12.2. The molecule has 1 nitrogen and oxygen atoms in total. The van der Waals surface area contributed by atoms with E-state index in [1.807, 2.05) is 0 Å². The van der Waals surface area contributed by atoms with Crippen LogP contribution in [0.4, 0.5) is 12.9 Å². The molecule has 0 aliphatic heterocycles. The largest absolute Gasteiger partial charge is 1.00 e. The number of aryl methyl sites for hydroxylation is 1. The van der Waals surface area contributed by atoms with Gasteiger partial charge in [-0.25, -0.2) is 0 Å². The molecule has 0 aliphatic rings. The molecule has 0 spiro atoms. The molecule has 7 heteroatoms. The fraction of sp³-hybridized carbons (Fsp3) is 0.200. The van der Waals surface area contributed by atoms with Crippen LogP contribution in [0.2, 0.25) is 0 Å². The second kappa shape index (κ2) is 7.86. The van der Waals surface area contributed by atoms with Crippen molar-refractivity contribution in [2.75, 3.05) is 6.61 Å². The van der Waals surface area contributed by atoms with E-state index in [4.69, 9.17) is 16.3 Å². The zero-order valence-electron chi connectivity index (χ0n) is 9.59. The average molecular weight is 289 g/mol. The molecule has 1 aromatic rings. The molecule has 1 rings (SSSR count). The Labute approximate surface area is 146 Å². The molecule has 0 atom stereocenters. The molecule has 1 aromatic carbocycles. The number of hydrogen-bond acceptors (Lipinski definition) is 1. The normalized spacial score (nSPS) is 11.4. The topological polar surface area (TPSA) is 9.23 Å². The monoisotopic (exact) mass is 288 g/mol. The van der Waals surface area contributed by atoms with Gasteiger partial charge >= 0.3 is 58.4 Å². The van der Waals surface area contributed by atoms with E-state index in [1.54, 1.807) is 13.0 Å². The van der Waals surface area contributed by atoms with Crippen molar-refractivity contribution in [1.29, 1.82) is 0 Å². The van der Waals surface area contributed by atoms with Gasteiger partial charge in [0.2, 0.25) is 0 Å². The van der Waals surface area contributed by atoms with Crippen LogP contribution in [0, 0.1) is 6.92 Å². The molecule has 0 aromatic heterocycles. The SMILES string of the molecule is Cc1ccc(OC/C=C/Cl)c([B-](F)(F)F)c1.[K+]. The van der Waals surface area contributed by atoms with Gasteiger partial charge in [-0.05, 0) is 19.1 Å². The predicted octanol–water partition coefficient (Wildman–Crippen LogP) is 0.185. The molecule has 0 N–H and O–H groups in total. The van der Waals surface area contributed by atoms with Crippen molar-refractivity contribution in [3.8, 4) is 5.75 Å². The molecule has 0 amide bonds. The van der Waals surface area contributed by atoms with Gasteiger partial charge in [0.15, 0.2) is 0 Å². The predicted molar refractivity (Wildman–Crippen MR) is 60.4 cm³/mol. The van der Waals surface area contributed by atoms with E-state index >= 15 is 0 Å². The maximum atomic E-state index is 12.7. The Bertz CT molecular complexity index is 396. The van der Waals surface area contributed by atoms with Crippen molar-refractivity contribution in [3.63, 3.8) is 0 Å². The third-order valence-electron chi connectivity index (χ3n) is 1.94. The molecule has 0 fully saturated rings. The molecule has 0 saturated heterocycles. The molecular weight excluding hydrogens is 278 g/mol. The van der Waals surface area contributed by atoms with E-state index in [1.165, 1.54) is 17.7 Å². The van der Waals surface area contributed by atoms with E-state index in [9.17, 15) is 12.9 Å². The molecule has 0 aliphatic carbocycles. The first kappa shape index (κ1) is 17.5. The van der Waals surface area contributed by atoms with Gasteiger partial charge in [-0.15, -0.1) is 0 Å². The minimum absolute atomic E-state index is 0. The summed E-state index contributed by atoms with van der Waals surface area (Å²) in [5.74, 6) is -0.159. The maximum Gasteiger partial charge on any atom is 1.00 e. The van der Waals surface area contributed by atoms with E-state index < -0.39 is 12.4 Å². The summed E-state index contributed by atoms with van der Waals surface area (Å²) in [6, 6.07) is 3.98. The Morgan fingerprint density at radius 3 is 2.53 bits per heavy atom. The summed E-state index contributed by atoms with van der Waals surface area (Å²) in [5.41, 5.74) is 1.05. The van der Waals surface area contributed by atoms with E-state index in [-0.39, 0.29) is 63.7 Å². The van der Waals surface area contributed by atoms with Gasteiger partial charge < -0.3 is 17.7 Å². The molecule has 0 radical (unpaired) electrons. The van der Waals surface area contributed by atoms with Crippen LogP contribution in [0.15, 0.2) is 29.8 Å². The fourth-order valence-corrected chi connectivity index (χ4v) is 1.30. The zero-order valence-corrected chi connectivity index (χ0v) is 13.5. The van der Waals surface area contributed by atoms with Crippen LogP contribution in [0.3, 0.4) is 0 Å². The number of ether oxygens (including phenoxy) is 1.